The largest absolute Gasteiger partial charge is 0.391 e. The van der Waals surface area contributed by atoms with Gasteiger partial charge in [-0.2, -0.15) is 0 Å². The van der Waals surface area contributed by atoms with Crippen molar-refractivity contribution in [3.05, 3.63) is 35.9 Å². The molecule has 3 N–H and O–H groups in total. The van der Waals surface area contributed by atoms with Gasteiger partial charge in [-0.15, -0.1) is 0 Å². The Morgan fingerprint density at radius 3 is 2.56 bits per heavy atom. The van der Waals surface area contributed by atoms with Crippen LogP contribution in [0.3, 0.4) is 0 Å². The monoisotopic (exact) mass is 223 g/mol. The van der Waals surface area contributed by atoms with E-state index in [4.69, 9.17) is 15.6 Å². The lowest BCUT2D eigenvalue weighted by Gasteiger charge is -2.24. The Kier molecular flexibility index (Phi) is 4.18. The van der Waals surface area contributed by atoms with Crippen molar-refractivity contribution in [3.8, 4) is 0 Å². The molecule has 0 saturated heterocycles. The first kappa shape index (κ1) is 12.8. The third kappa shape index (κ3) is 3.41. The minimum Gasteiger partial charge on any atom is -0.391 e. The SMILES string of the molecule is CC(O)COC(C)(N)C(=O)c1ccccc1. The molecule has 4 heteroatoms. The summed E-state index contributed by atoms with van der Waals surface area (Å²) in [5, 5.41) is 9.08. The highest BCUT2D eigenvalue weighted by molar-refractivity contribution is 6.01. The van der Waals surface area contributed by atoms with Gasteiger partial charge in [0.25, 0.3) is 0 Å². The number of carbonyl (C=O) groups is 1. The average Bonchev–Trinajstić information content (AvgIpc) is 2.27. The highest BCUT2D eigenvalue weighted by Gasteiger charge is 2.30. The van der Waals surface area contributed by atoms with Crippen LogP contribution in [0.5, 0.6) is 0 Å². The van der Waals surface area contributed by atoms with E-state index in [1.165, 1.54) is 6.92 Å². The van der Waals surface area contributed by atoms with Gasteiger partial charge < -0.3 is 9.84 Å². The van der Waals surface area contributed by atoms with E-state index in [9.17, 15) is 4.79 Å². The van der Waals surface area contributed by atoms with Crippen LogP contribution in [0.25, 0.3) is 0 Å². The summed E-state index contributed by atoms with van der Waals surface area (Å²) >= 11 is 0. The van der Waals surface area contributed by atoms with Crippen LogP contribution >= 0.6 is 0 Å². The maximum absolute atomic E-state index is 11.9. The number of benzene rings is 1. The van der Waals surface area contributed by atoms with E-state index in [-0.39, 0.29) is 12.4 Å². The molecule has 0 radical (unpaired) electrons. The van der Waals surface area contributed by atoms with Crippen LogP contribution in [0, 0.1) is 0 Å². The Bertz CT molecular complexity index is 347. The summed E-state index contributed by atoms with van der Waals surface area (Å²) in [6.45, 7) is 3.10. The Balaban J connectivity index is 2.72. The summed E-state index contributed by atoms with van der Waals surface area (Å²) in [6, 6.07) is 8.70. The minimum atomic E-state index is -1.40. The molecule has 0 bridgehead atoms. The van der Waals surface area contributed by atoms with Crippen LogP contribution in [0.4, 0.5) is 0 Å². The first-order valence-corrected chi connectivity index (χ1v) is 5.14. The summed E-state index contributed by atoms with van der Waals surface area (Å²) in [5.41, 5.74) is 4.85. The molecular formula is C12H17NO3. The van der Waals surface area contributed by atoms with Gasteiger partial charge in [-0.3, -0.25) is 10.5 Å². The molecule has 2 atom stereocenters. The molecule has 4 nitrogen and oxygen atoms in total. The van der Waals surface area contributed by atoms with Gasteiger partial charge in [-0.05, 0) is 13.8 Å². The van der Waals surface area contributed by atoms with Crippen molar-refractivity contribution in [3.63, 3.8) is 0 Å². The highest BCUT2D eigenvalue weighted by Crippen LogP contribution is 2.12. The second-order valence-electron chi connectivity index (χ2n) is 3.96. The van der Waals surface area contributed by atoms with E-state index in [1.54, 1.807) is 31.2 Å². The molecule has 88 valence electrons. The minimum absolute atomic E-state index is 0.0333. The Morgan fingerprint density at radius 2 is 2.06 bits per heavy atom. The van der Waals surface area contributed by atoms with Crippen molar-refractivity contribution in [1.29, 1.82) is 0 Å². The van der Waals surface area contributed by atoms with Crippen molar-refractivity contribution < 1.29 is 14.6 Å². The number of Topliss-reactive ketones (excluding diaryl/α,β-unsaturated/α-hetero) is 1. The molecule has 0 amide bonds. The number of ether oxygens (including phenoxy) is 1. The summed E-state index contributed by atoms with van der Waals surface area (Å²) in [4.78, 5) is 11.9. The van der Waals surface area contributed by atoms with Crippen LogP contribution in [0.1, 0.15) is 24.2 Å². The van der Waals surface area contributed by atoms with Crippen molar-refractivity contribution in [1.82, 2.24) is 0 Å². The van der Waals surface area contributed by atoms with Crippen molar-refractivity contribution in [2.24, 2.45) is 5.73 Å². The van der Waals surface area contributed by atoms with E-state index in [0.29, 0.717) is 5.56 Å². The molecular weight excluding hydrogens is 206 g/mol. The second-order valence-corrected chi connectivity index (χ2v) is 3.96. The van der Waals surface area contributed by atoms with Crippen LogP contribution in [-0.2, 0) is 4.74 Å². The van der Waals surface area contributed by atoms with Crippen LogP contribution in [0.2, 0.25) is 0 Å². The number of carbonyl (C=O) groups excluding carboxylic acids is 1. The summed E-state index contributed by atoms with van der Waals surface area (Å²) in [7, 11) is 0. The van der Waals surface area contributed by atoms with Gasteiger partial charge in [-0.25, -0.2) is 0 Å². The lowest BCUT2D eigenvalue weighted by atomic mass is 10.0. The predicted molar refractivity (Wildman–Crippen MR) is 61.0 cm³/mol. The van der Waals surface area contributed by atoms with E-state index in [1.807, 2.05) is 6.07 Å². The Hall–Kier alpha value is -1.23. The number of ketones is 1. The molecule has 0 fully saturated rings. The number of hydrogen-bond acceptors (Lipinski definition) is 4. The van der Waals surface area contributed by atoms with Gasteiger partial charge in [0, 0.05) is 5.56 Å². The zero-order valence-corrected chi connectivity index (χ0v) is 9.51. The second kappa shape index (κ2) is 5.21. The molecule has 2 unspecified atom stereocenters. The van der Waals surface area contributed by atoms with Gasteiger partial charge in [0.2, 0.25) is 5.78 Å². The summed E-state index contributed by atoms with van der Waals surface area (Å²) in [6.07, 6.45) is -0.647. The Labute approximate surface area is 95.0 Å². The average molecular weight is 223 g/mol. The smallest absolute Gasteiger partial charge is 0.209 e. The van der Waals surface area contributed by atoms with Gasteiger partial charge in [0.15, 0.2) is 5.72 Å². The molecule has 0 spiro atoms. The molecule has 1 rings (SSSR count). The Morgan fingerprint density at radius 1 is 1.50 bits per heavy atom. The van der Waals surface area contributed by atoms with Gasteiger partial charge in [0.05, 0.1) is 12.7 Å². The zero-order chi connectivity index (χ0) is 12.2. The van der Waals surface area contributed by atoms with Crippen molar-refractivity contribution in [2.45, 2.75) is 25.7 Å². The summed E-state index contributed by atoms with van der Waals surface area (Å²) < 4.78 is 5.19. The highest BCUT2D eigenvalue weighted by atomic mass is 16.5. The topological polar surface area (TPSA) is 72.6 Å². The molecule has 0 aliphatic heterocycles. The van der Waals surface area contributed by atoms with E-state index >= 15 is 0 Å². The fourth-order valence-corrected chi connectivity index (χ4v) is 1.24. The van der Waals surface area contributed by atoms with Crippen LogP contribution in [-0.4, -0.2) is 29.3 Å². The quantitative estimate of drug-likeness (QED) is 0.575. The third-order valence-electron chi connectivity index (χ3n) is 2.11. The number of rotatable bonds is 5. The number of aliphatic hydroxyl groups is 1. The van der Waals surface area contributed by atoms with Gasteiger partial charge >= 0.3 is 0 Å². The number of nitrogens with two attached hydrogens (primary N) is 1. The molecule has 16 heavy (non-hydrogen) atoms. The van der Waals surface area contributed by atoms with Gasteiger partial charge in [0.1, 0.15) is 0 Å². The lowest BCUT2D eigenvalue weighted by molar-refractivity contribution is -0.0436. The fourth-order valence-electron chi connectivity index (χ4n) is 1.24. The predicted octanol–water partition coefficient (Wildman–Crippen LogP) is 0.942. The van der Waals surface area contributed by atoms with E-state index < -0.39 is 11.8 Å². The number of aliphatic hydroxyl groups excluding tert-OH is 1. The molecule has 1 aromatic rings. The lowest BCUT2D eigenvalue weighted by Crippen LogP contribution is -2.48. The standard InChI is InChI=1S/C12H17NO3/c1-9(14)8-16-12(2,13)11(15)10-6-4-3-5-7-10/h3-7,9,14H,8,13H2,1-2H3. The normalized spacial score (nSPS) is 16.5. The fraction of sp³-hybridized carbons (Fsp3) is 0.417. The first-order valence-electron chi connectivity index (χ1n) is 5.14. The molecule has 0 aromatic heterocycles. The molecule has 0 aliphatic carbocycles. The molecule has 0 aliphatic rings. The summed E-state index contributed by atoms with van der Waals surface area (Å²) in [5.74, 6) is -0.297. The maximum Gasteiger partial charge on any atom is 0.209 e. The third-order valence-corrected chi connectivity index (χ3v) is 2.11. The first-order chi connectivity index (χ1) is 7.43. The van der Waals surface area contributed by atoms with E-state index in [0.717, 1.165) is 0 Å². The molecule has 1 aromatic carbocycles. The number of hydrogen-bond donors (Lipinski definition) is 2. The van der Waals surface area contributed by atoms with Crippen molar-refractivity contribution in [2.75, 3.05) is 6.61 Å². The molecule has 0 heterocycles. The van der Waals surface area contributed by atoms with E-state index in [2.05, 4.69) is 0 Å². The van der Waals surface area contributed by atoms with Crippen molar-refractivity contribution >= 4 is 5.78 Å². The van der Waals surface area contributed by atoms with Crippen LogP contribution in [0.15, 0.2) is 30.3 Å². The molecule has 0 saturated carbocycles. The van der Waals surface area contributed by atoms with Gasteiger partial charge in [-0.1, -0.05) is 30.3 Å². The maximum atomic E-state index is 11.9. The van der Waals surface area contributed by atoms with Crippen LogP contribution < -0.4 is 5.73 Å². The zero-order valence-electron chi connectivity index (χ0n) is 9.51.